The molecule has 0 radical (unpaired) electrons. The largest absolute Gasteiger partial charge is 0.504 e. The minimum absolute atomic E-state index is 0.140. The number of nitrogens with zero attached hydrogens (tertiary/aromatic N) is 1. The van der Waals surface area contributed by atoms with Crippen molar-refractivity contribution >= 4 is 11.8 Å². The van der Waals surface area contributed by atoms with Crippen molar-refractivity contribution in [2.24, 2.45) is 0 Å². The van der Waals surface area contributed by atoms with Gasteiger partial charge in [-0.3, -0.25) is 0 Å². The number of hydrogen-bond donors (Lipinski definition) is 2. The smallest absolute Gasteiger partial charge is 0.178 e. The Morgan fingerprint density at radius 2 is 1.96 bits per heavy atom. The number of allylic oxidation sites excluding steroid dienone is 2. The Kier molecular flexibility index (Phi) is 3.83. The van der Waals surface area contributed by atoms with Gasteiger partial charge in [0.05, 0.1) is 6.04 Å². The number of anilines is 1. The van der Waals surface area contributed by atoms with Gasteiger partial charge in [0.2, 0.25) is 0 Å². The highest BCUT2D eigenvalue weighted by atomic mass is 16.5. The number of aromatic amines is 1. The first-order chi connectivity index (χ1) is 13.7. The molecule has 5 rings (SSSR count). The maximum atomic E-state index is 11.1. The van der Waals surface area contributed by atoms with Gasteiger partial charge in [-0.05, 0) is 35.9 Å². The van der Waals surface area contributed by atoms with Gasteiger partial charge in [0.15, 0.2) is 11.5 Å². The highest BCUT2D eigenvalue weighted by Gasteiger charge is 2.29. The van der Waals surface area contributed by atoms with Crippen molar-refractivity contribution in [3.63, 3.8) is 0 Å². The van der Waals surface area contributed by atoms with Gasteiger partial charge in [0.1, 0.15) is 5.75 Å². The lowest BCUT2D eigenvalue weighted by Crippen LogP contribution is -2.34. The minimum Gasteiger partial charge on any atom is -0.504 e. The summed E-state index contributed by atoms with van der Waals surface area (Å²) in [5.41, 5.74) is 4.73. The molecular weight excluding hydrogens is 348 g/mol. The number of phenols is 1. The van der Waals surface area contributed by atoms with Gasteiger partial charge in [-0.2, -0.15) is 0 Å². The SMILES string of the molecule is CN1c2cc(-c3cc[nH]c3)c(O)c(Oc3ccccc3)c2C=C2C=CC=CC21. The van der Waals surface area contributed by atoms with Crippen molar-refractivity contribution < 1.29 is 9.84 Å². The number of ether oxygens (including phenoxy) is 1. The standard InChI is InChI=1S/C24H20N2O2/c1-26-21-10-6-5-7-16(21)13-20-22(26)14-19(17-11-12-25-15-17)23(27)24(20)28-18-8-3-2-4-9-18/h2-15,21,25,27H,1H3. The van der Waals surface area contributed by atoms with Crippen molar-refractivity contribution in [3.8, 4) is 28.4 Å². The molecule has 2 N–H and O–H groups in total. The number of H-pyrrole nitrogens is 1. The Bertz CT molecular complexity index is 1110. The zero-order chi connectivity index (χ0) is 19.1. The molecule has 0 amide bonds. The zero-order valence-electron chi connectivity index (χ0n) is 15.5. The molecular formula is C24H20N2O2. The molecule has 1 aliphatic carbocycles. The molecule has 3 aromatic rings. The van der Waals surface area contributed by atoms with Crippen LogP contribution >= 0.6 is 0 Å². The number of rotatable bonds is 3. The van der Waals surface area contributed by atoms with Gasteiger partial charge >= 0.3 is 0 Å². The number of nitrogens with one attached hydrogen (secondary N) is 1. The van der Waals surface area contributed by atoms with Gasteiger partial charge < -0.3 is 19.7 Å². The Morgan fingerprint density at radius 3 is 2.75 bits per heavy atom. The number of aromatic hydroxyl groups is 1. The molecule has 2 heterocycles. The second-order valence-corrected chi connectivity index (χ2v) is 6.99. The fourth-order valence-corrected chi connectivity index (χ4v) is 3.85. The number of aromatic nitrogens is 1. The lowest BCUT2D eigenvalue weighted by Gasteiger charge is -2.36. The van der Waals surface area contributed by atoms with Crippen molar-refractivity contribution in [3.05, 3.63) is 90.3 Å². The molecule has 2 aromatic carbocycles. The van der Waals surface area contributed by atoms with Crippen LogP contribution in [0.5, 0.6) is 17.2 Å². The number of benzene rings is 2. The lowest BCUT2D eigenvalue weighted by molar-refractivity contribution is 0.412. The second-order valence-electron chi connectivity index (χ2n) is 6.99. The van der Waals surface area contributed by atoms with Gasteiger partial charge in [-0.1, -0.05) is 42.5 Å². The molecule has 1 aromatic heterocycles. The molecule has 0 fully saturated rings. The van der Waals surface area contributed by atoms with E-state index in [-0.39, 0.29) is 11.8 Å². The highest BCUT2D eigenvalue weighted by Crippen LogP contribution is 2.49. The first kappa shape index (κ1) is 16.5. The van der Waals surface area contributed by atoms with E-state index in [2.05, 4.69) is 41.2 Å². The summed E-state index contributed by atoms with van der Waals surface area (Å²) in [6.45, 7) is 0. The summed E-state index contributed by atoms with van der Waals surface area (Å²) >= 11 is 0. The molecule has 0 saturated heterocycles. The van der Waals surface area contributed by atoms with E-state index >= 15 is 0 Å². The zero-order valence-corrected chi connectivity index (χ0v) is 15.5. The van der Waals surface area contributed by atoms with Crippen LogP contribution in [0.25, 0.3) is 17.2 Å². The maximum Gasteiger partial charge on any atom is 0.178 e. The normalized spacial score (nSPS) is 17.1. The summed E-state index contributed by atoms with van der Waals surface area (Å²) < 4.78 is 6.20. The monoisotopic (exact) mass is 368 g/mol. The molecule has 28 heavy (non-hydrogen) atoms. The van der Waals surface area contributed by atoms with E-state index < -0.39 is 0 Å². The Balaban J connectivity index is 1.75. The molecule has 1 aliphatic heterocycles. The van der Waals surface area contributed by atoms with Crippen LogP contribution in [0.3, 0.4) is 0 Å². The highest BCUT2D eigenvalue weighted by molar-refractivity contribution is 5.89. The third-order valence-corrected chi connectivity index (χ3v) is 5.29. The number of hydrogen-bond acceptors (Lipinski definition) is 3. The van der Waals surface area contributed by atoms with Gasteiger partial charge in [0.25, 0.3) is 0 Å². The third-order valence-electron chi connectivity index (χ3n) is 5.29. The van der Waals surface area contributed by atoms with Gasteiger partial charge in [-0.15, -0.1) is 0 Å². The third kappa shape index (κ3) is 2.62. The van der Waals surface area contributed by atoms with Crippen molar-refractivity contribution in [2.75, 3.05) is 11.9 Å². The predicted octanol–water partition coefficient (Wildman–Crippen LogP) is 5.51. The first-order valence-electron chi connectivity index (χ1n) is 9.27. The van der Waals surface area contributed by atoms with Crippen molar-refractivity contribution in [1.29, 1.82) is 0 Å². The van der Waals surface area contributed by atoms with Crippen LogP contribution in [-0.2, 0) is 0 Å². The van der Waals surface area contributed by atoms with E-state index in [0.29, 0.717) is 11.5 Å². The summed E-state index contributed by atoms with van der Waals surface area (Å²) in [5.74, 6) is 1.30. The molecule has 1 unspecified atom stereocenters. The van der Waals surface area contributed by atoms with Gasteiger partial charge in [-0.25, -0.2) is 0 Å². The number of likely N-dealkylation sites (N-methyl/N-ethyl adjacent to an activating group) is 1. The predicted molar refractivity (Wildman–Crippen MR) is 113 cm³/mol. The van der Waals surface area contributed by atoms with E-state index in [1.54, 1.807) is 0 Å². The average molecular weight is 368 g/mol. The van der Waals surface area contributed by atoms with Crippen LogP contribution in [-0.4, -0.2) is 23.2 Å². The average Bonchev–Trinajstić information content (AvgIpc) is 3.26. The summed E-state index contributed by atoms with van der Waals surface area (Å²) in [7, 11) is 2.07. The van der Waals surface area contributed by atoms with E-state index in [9.17, 15) is 5.11 Å². The summed E-state index contributed by atoms with van der Waals surface area (Å²) in [4.78, 5) is 5.28. The van der Waals surface area contributed by atoms with Gasteiger partial charge in [0, 0.05) is 41.8 Å². The molecule has 4 heteroatoms. The maximum absolute atomic E-state index is 11.1. The van der Waals surface area contributed by atoms with E-state index in [0.717, 1.165) is 22.4 Å². The molecule has 2 aliphatic rings. The fourth-order valence-electron chi connectivity index (χ4n) is 3.85. The Labute approximate surface area is 163 Å². The number of fused-ring (bicyclic) bond motifs is 2. The molecule has 0 saturated carbocycles. The summed E-state index contributed by atoms with van der Waals surface area (Å²) in [6.07, 6.45) is 14.2. The van der Waals surface area contributed by atoms with Crippen molar-refractivity contribution in [2.45, 2.75) is 6.04 Å². The van der Waals surface area contributed by atoms with Crippen molar-refractivity contribution in [1.82, 2.24) is 4.98 Å². The van der Waals surface area contributed by atoms with Crippen LogP contribution in [0, 0.1) is 0 Å². The Hall–Kier alpha value is -3.66. The molecule has 138 valence electrons. The molecule has 0 bridgehead atoms. The molecule has 4 nitrogen and oxygen atoms in total. The minimum atomic E-state index is 0.140. The second kappa shape index (κ2) is 6.50. The van der Waals surface area contributed by atoms with E-state index in [1.165, 1.54) is 5.57 Å². The van der Waals surface area contributed by atoms with E-state index in [1.807, 2.05) is 60.9 Å². The summed E-state index contributed by atoms with van der Waals surface area (Å²) in [6, 6.07) is 13.7. The van der Waals surface area contributed by atoms with Crippen LogP contribution in [0.4, 0.5) is 5.69 Å². The van der Waals surface area contributed by atoms with E-state index in [4.69, 9.17) is 4.74 Å². The fraction of sp³-hybridized carbons (Fsp3) is 0.0833. The Morgan fingerprint density at radius 1 is 1.11 bits per heavy atom. The van der Waals surface area contributed by atoms with Crippen LogP contribution < -0.4 is 9.64 Å². The topological polar surface area (TPSA) is 48.5 Å². The lowest BCUT2D eigenvalue weighted by atomic mass is 9.90. The van der Waals surface area contributed by atoms with Crippen LogP contribution in [0.15, 0.2) is 84.7 Å². The number of para-hydroxylation sites is 1. The molecule has 1 atom stereocenters. The summed E-state index contributed by atoms with van der Waals surface area (Å²) in [5, 5.41) is 11.1. The molecule has 0 spiro atoms. The first-order valence-corrected chi connectivity index (χ1v) is 9.27. The van der Waals surface area contributed by atoms with Crippen LogP contribution in [0.2, 0.25) is 0 Å². The number of phenolic OH excluding ortho intramolecular Hbond substituents is 1. The quantitative estimate of drug-likeness (QED) is 0.641. The van der Waals surface area contributed by atoms with Crippen LogP contribution in [0.1, 0.15) is 5.56 Å².